The molecule has 0 aliphatic heterocycles. The maximum Gasteiger partial charge on any atom is 0.192 e. The second-order valence-electron chi connectivity index (χ2n) is 8.88. The third-order valence-electron chi connectivity index (χ3n) is 6.02. The molecule has 0 aliphatic rings. The standard InChI is InChI=1S/C22H46O2Si2/c1-10-14-15-16-17-18-19-21(24-25(8,9)22(5,6)7)20-23-26(11-2,12-3)13-4/h14-15,17-18,21H,10-13,16,19-20H2,1-9H3/b15-14-,18-17-/t21-/m0/s1. The molecule has 26 heavy (non-hydrogen) atoms. The Hall–Kier alpha value is -0.166. The smallest absolute Gasteiger partial charge is 0.192 e. The van der Waals surface area contributed by atoms with E-state index in [9.17, 15) is 0 Å². The molecule has 0 spiro atoms. The number of hydrogen-bond acceptors (Lipinski definition) is 2. The Morgan fingerprint density at radius 3 is 1.85 bits per heavy atom. The molecule has 0 saturated heterocycles. The average Bonchev–Trinajstić information content (AvgIpc) is 2.58. The highest BCUT2D eigenvalue weighted by Gasteiger charge is 2.39. The van der Waals surface area contributed by atoms with Crippen molar-refractivity contribution in [3.63, 3.8) is 0 Å². The van der Waals surface area contributed by atoms with E-state index < -0.39 is 16.6 Å². The third kappa shape index (κ3) is 9.16. The van der Waals surface area contributed by atoms with Crippen LogP contribution in [0.15, 0.2) is 24.3 Å². The molecule has 0 saturated carbocycles. The van der Waals surface area contributed by atoms with E-state index in [1.54, 1.807) is 0 Å². The van der Waals surface area contributed by atoms with Crippen LogP contribution in [-0.2, 0) is 8.85 Å². The molecule has 0 rings (SSSR count). The molecule has 0 heterocycles. The summed E-state index contributed by atoms with van der Waals surface area (Å²) >= 11 is 0. The van der Waals surface area contributed by atoms with Gasteiger partial charge in [0.2, 0.25) is 0 Å². The predicted octanol–water partition coefficient (Wildman–Crippen LogP) is 7.70. The van der Waals surface area contributed by atoms with Crippen molar-refractivity contribution in [2.45, 2.75) is 110 Å². The van der Waals surface area contributed by atoms with E-state index in [0.717, 1.165) is 25.9 Å². The van der Waals surface area contributed by atoms with Crippen LogP contribution in [0.4, 0.5) is 0 Å². The van der Waals surface area contributed by atoms with Crippen LogP contribution in [0.25, 0.3) is 0 Å². The van der Waals surface area contributed by atoms with Gasteiger partial charge in [0.05, 0.1) is 12.7 Å². The lowest BCUT2D eigenvalue weighted by atomic mass is 10.2. The van der Waals surface area contributed by atoms with Gasteiger partial charge in [0.1, 0.15) is 0 Å². The van der Waals surface area contributed by atoms with Crippen LogP contribution >= 0.6 is 0 Å². The largest absolute Gasteiger partial charge is 0.414 e. The fourth-order valence-corrected chi connectivity index (χ4v) is 6.76. The summed E-state index contributed by atoms with van der Waals surface area (Å²) in [7, 11) is -3.35. The first-order valence-electron chi connectivity index (χ1n) is 10.7. The van der Waals surface area contributed by atoms with Crippen LogP contribution in [0, 0.1) is 0 Å². The Bertz CT molecular complexity index is 410. The van der Waals surface area contributed by atoms with Gasteiger partial charge >= 0.3 is 0 Å². The van der Waals surface area contributed by atoms with Gasteiger partial charge in [-0.1, -0.05) is 72.8 Å². The maximum absolute atomic E-state index is 6.73. The minimum absolute atomic E-state index is 0.179. The van der Waals surface area contributed by atoms with Crippen molar-refractivity contribution in [1.29, 1.82) is 0 Å². The van der Waals surface area contributed by atoms with Gasteiger partial charge < -0.3 is 8.85 Å². The van der Waals surface area contributed by atoms with E-state index in [1.165, 1.54) is 18.1 Å². The predicted molar refractivity (Wildman–Crippen MR) is 123 cm³/mol. The molecule has 0 aromatic heterocycles. The highest BCUT2D eigenvalue weighted by atomic mass is 28.4. The molecule has 0 amide bonds. The minimum atomic E-state index is -1.79. The monoisotopic (exact) mass is 398 g/mol. The van der Waals surface area contributed by atoms with E-state index in [4.69, 9.17) is 8.85 Å². The van der Waals surface area contributed by atoms with E-state index in [-0.39, 0.29) is 11.1 Å². The Labute approximate surface area is 166 Å². The van der Waals surface area contributed by atoms with Crippen LogP contribution in [0.5, 0.6) is 0 Å². The molecule has 0 fully saturated rings. The van der Waals surface area contributed by atoms with Gasteiger partial charge in [-0.05, 0) is 55.5 Å². The summed E-state index contributed by atoms with van der Waals surface area (Å²) in [6.07, 6.45) is 12.3. The van der Waals surface area contributed by atoms with E-state index in [1.807, 2.05) is 0 Å². The lowest BCUT2D eigenvalue weighted by molar-refractivity contribution is 0.111. The van der Waals surface area contributed by atoms with Crippen LogP contribution in [0.2, 0.25) is 36.3 Å². The summed E-state index contributed by atoms with van der Waals surface area (Å²) in [5.41, 5.74) is 0. The topological polar surface area (TPSA) is 18.5 Å². The van der Waals surface area contributed by atoms with Gasteiger partial charge in [0, 0.05) is 0 Å². The molecule has 4 heteroatoms. The summed E-state index contributed by atoms with van der Waals surface area (Å²) < 4.78 is 13.3. The second-order valence-corrected chi connectivity index (χ2v) is 18.4. The summed E-state index contributed by atoms with van der Waals surface area (Å²) in [4.78, 5) is 0. The van der Waals surface area contributed by atoms with Crippen molar-refractivity contribution in [3.05, 3.63) is 24.3 Å². The molecule has 0 aromatic rings. The van der Waals surface area contributed by atoms with Crippen molar-refractivity contribution < 1.29 is 8.85 Å². The highest BCUT2D eigenvalue weighted by Crippen LogP contribution is 2.38. The first-order valence-corrected chi connectivity index (χ1v) is 16.1. The van der Waals surface area contributed by atoms with Gasteiger partial charge in [-0.25, -0.2) is 0 Å². The van der Waals surface area contributed by atoms with Gasteiger partial charge in [0.15, 0.2) is 16.6 Å². The molecule has 0 radical (unpaired) electrons. The van der Waals surface area contributed by atoms with Gasteiger partial charge in [-0.2, -0.15) is 0 Å². The quantitative estimate of drug-likeness (QED) is 0.234. The summed E-state index contributed by atoms with van der Waals surface area (Å²) in [5, 5.41) is 0.230. The zero-order valence-corrected chi connectivity index (χ0v) is 21.2. The Morgan fingerprint density at radius 1 is 0.846 bits per heavy atom. The Kier molecular flexibility index (Phi) is 12.2. The van der Waals surface area contributed by atoms with Crippen molar-refractivity contribution in [3.8, 4) is 0 Å². The van der Waals surface area contributed by atoms with Crippen molar-refractivity contribution >= 4 is 16.6 Å². The first kappa shape index (κ1) is 25.8. The minimum Gasteiger partial charge on any atom is -0.414 e. The normalized spacial score (nSPS) is 15.3. The van der Waals surface area contributed by atoms with Crippen LogP contribution in [0.1, 0.15) is 67.7 Å². The number of hydrogen-bond donors (Lipinski definition) is 0. The second kappa shape index (κ2) is 12.3. The lowest BCUT2D eigenvalue weighted by Crippen LogP contribution is -2.46. The molecular formula is C22H46O2Si2. The molecule has 0 bridgehead atoms. The third-order valence-corrected chi connectivity index (χ3v) is 15.2. The van der Waals surface area contributed by atoms with E-state index in [2.05, 4.69) is 85.9 Å². The fourth-order valence-electron chi connectivity index (χ4n) is 2.76. The van der Waals surface area contributed by atoms with Gasteiger partial charge in [-0.3, -0.25) is 0 Å². The summed E-state index contributed by atoms with van der Waals surface area (Å²) in [6, 6.07) is 3.60. The van der Waals surface area contributed by atoms with E-state index >= 15 is 0 Å². The average molecular weight is 399 g/mol. The molecule has 1 atom stereocenters. The van der Waals surface area contributed by atoms with Gasteiger partial charge in [-0.15, -0.1) is 0 Å². The molecule has 2 nitrogen and oxygen atoms in total. The summed E-state index contributed by atoms with van der Waals surface area (Å²) in [6.45, 7) is 21.4. The molecule has 0 N–H and O–H groups in total. The van der Waals surface area contributed by atoms with Gasteiger partial charge in [0.25, 0.3) is 0 Å². The molecule has 154 valence electrons. The number of rotatable bonds is 13. The fraction of sp³-hybridized carbons (Fsp3) is 0.818. The van der Waals surface area contributed by atoms with Crippen molar-refractivity contribution in [2.24, 2.45) is 0 Å². The molecule has 0 aromatic carbocycles. The van der Waals surface area contributed by atoms with Crippen LogP contribution < -0.4 is 0 Å². The first-order chi connectivity index (χ1) is 12.1. The van der Waals surface area contributed by atoms with Crippen molar-refractivity contribution in [1.82, 2.24) is 0 Å². The highest BCUT2D eigenvalue weighted by molar-refractivity contribution is 6.74. The van der Waals surface area contributed by atoms with E-state index in [0.29, 0.717) is 0 Å². The van der Waals surface area contributed by atoms with Crippen molar-refractivity contribution in [2.75, 3.05) is 6.61 Å². The summed E-state index contributed by atoms with van der Waals surface area (Å²) in [5.74, 6) is 0. The Morgan fingerprint density at radius 2 is 1.38 bits per heavy atom. The maximum atomic E-state index is 6.73. The SMILES string of the molecule is CC/C=C\C/C=C\C[C@@H](CO[Si](CC)(CC)CC)O[Si](C)(C)C(C)(C)C. The lowest BCUT2D eigenvalue weighted by Gasteiger charge is -2.40. The zero-order chi connectivity index (χ0) is 20.3. The number of allylic oxidation sites excluding steroid dienone is 3. The molecule has 0 unspecified atom stereocenters. The van der Waals surface area contributed by atoms with Crippen LogP contribution in [0.3, 0.4) is 0 Å². The molecule has 0 aliphatic carbocycles. The molecular weight excluding hydrogens is 352 g/mol. The Balaban J connectivity index is 5.01. The van der Waals surface area contributed by atoms with Crippen LogP contribution in [-0.4, -0.2) is 29.3 Å². The zero-order valence-electron chi connectivity index (χ0n) is 19.2.